The molecule has 0 atom stereocenters. The lowest BCUT2D eigenvalue weighted by Crippen LogP contribution is -2.45. The lowest BCUT2D eigenvalue weighted by molar-refractivity contribution is -0.141. The van der Waals surface area contributed by atoms with Crippen LogP contribution in [0.3, 0.4) is 0 Å². The summed E-state index contributed by atoms with van der Waals surface area (Å²) >= 11 is 0. The van der Waals surface area contributed by atoms with Crippen LogP contribution in [0.1, 0.15) is 46.0 Å². The van der Waals surface area contributed by atoms with Crippen LogP contribution in [0, 0.1) is 0 Å². The number of carbonyl (C=O) groups is 2. The second kappa shape index (κ2) is 5.49. The van der Waals surface area contributed by atoms with Gasteiger partial charge in [-0.05, 0) is 26.7 Å². The predicted octanol–water partition coefficient (Wildman–Crippen LogP) is 0.404. The molecule has 1 aliphatic carbocycles. The Kier molecular flexibility index (Phi) is 4.51. The van der Waals surface area contributed by atoms with E-state index in [9.17, 15) is 14.7 Å². The fourth-order valence-corrected chi connectivity index (χ4v) is 2.32. The zero-order chi connectivity index (χ0) is 13.1. The van der Waals surface area contributed by atoms with Crippen LogP contribution in [0.25, 0.3) is 0 Å². The highest BCUT2D eigenvalue weighted by atomic mass is 16.3. The number of primary amides is 1. The molecule has 5 heteroatoms. The molecule has 2 amide bonds. The van der Waals surface area contributed by atoms with Crippen molar-refractivity contribution < 1.29 is 14.7 Å². The third-order valence-corrected chi connectivity index (χ3v) is 3.28. The van der Waals surface area contributed by atoms with Crippen molar-refractivity contribution in [2.45, 2.75) is 57.6 Å². The number of amides is 2. The molecule has 0 aromatic rings. The van der Waals surface area contributed by atoms with Crippen molar-refractivity contribution in [1.82, 2.24) is 4.90 Å². The highest BCUT2D eigenvalue weighted by Crippen LogP contribution is 2.32. The van der Waals surface area contributed by atoms with Crippen LogP contribution in [0.15, 0.2) is 0 Å². The van der Waals surface area contributed by atoms with E-state index in [1.54, 1.807) is 0 Å². The smallest absolute Gasteiger partial charge is 0.237 e. The van der Waals surface area contributed by atoms with Crippen molar-refractivity contribution in [3.8, 4) is 0 Å². The van der Waals surface area contributed by atoms with Gasteiger partial charge in [0, 0.05) is 6.04 Å². The van der Waals surface area contributed by atoms with Crippen LogP contribution in [-0.4, -0.2) is 40.0 Å². The number of aliphatic hydroxyl groups is 1. The van der Waals surface area contributed by atoms with Gasteiger partial charge in [-0.2, -0.15) is 0 Å². The van der Waals surface area contributed by atoms with Gasteiger partial charge in [0.2, 0.25) is 11.8 Å². The molecule has 98 valence electrons. The van der Waals surface area contributed by atoms with Crippen molar-refractivity contribution in [2.75, 3.05) is 6.54 Å². The quantitative estimate of drug-likeness (QED) is 0.732. The van der Waals surface area contributed by atoms with Gasteiger partial charge >= 0.3 is 0 Å². The molecule has 1 rings (SSSR count). The van der Waals surface area contributed by atoms with Crippen LogP contribution in [0.2, 0.25) is 0 Å². The molecule has 0 unspecified atom stereocenters. The topological polar surface area (TPSA) is 83.6 Å². The minimum absolute atomic E-state index is 0.0768. The Morgan fingerprint density at radius 3 is 2.29 bits per heavy atom. The van der Waals surface area contributed by atoms with Gasteiger partial charge in [-0.25, -0.2) is 0 Å². The molecule has 0 bridgehead atoms. The van der Waals surface area contributed by atoms with E-state index in [-0.39, 0.29) is 24.9 Å². The molecule has 1 aliphatic rings. The maximum atomic E-state index is 12.0. The maximum Gasteiger partial charge on any atom is 0.237 e. The van der Waals surface area contributed by atoms with Gasteiger partial charge < -0.3 is 15.7 Å². The predicted molar refractivity (Wildman–Crippen MR) is 64.1 cm³/mol. The van der Waals surface area contributed by atoms with E-state index < -0.39 is 11.5 Å². The highest BCUT2D eigenvalue weighted by molar-refractivity contribution is 5.84. The monoisotopic (exact) mass is 242 g/mol. The molecule has 0 heterocycles. The largest absolute Gasteiger partial charge is 0.389 e. The fourth-order valence-electron chi connectivity index (χ4n) is 2.32. The van der Waals surface area contributed by atoms with E-state index in [0.29, 0.717) is 12.8 Å². The highest BCUT2D eigenvalue weighted by Gasteiger charge is 2.35. The molecule has 1 saturated carbocycles. The Morgan fingerprint density at radius 2 is 1.88 bits per heavy atom. The summed E-state index contributed by atoms with van der Waals surface area (Å²) < 4.78 is 0. The summed E-state index contributed by atoms with van der Waals surface area (Å²) in [6, 6.07) is -0.0833. The van der Waals surface area contributed by atoms with Crippen LogP contribution >= 0.6 is 0 Å². The third kappa shape index (κ3) is 4.00. The van der Waals surface area contributed by atoms with Crippen LogP contribution in [0.5, 0.6) is 0 Å². The molecule has 0 aromatic heterocycles. The lowest BCUT2D eigenvalue weighted by atomic mass is 9.97. The first kappa shape index (κ1) is 14.0. The van der Waals surface area contributed by atoms with Gasteiger partial charge in [-0.3, -0.25) is 9.59 Å². The average Bonchev–Trinajstić information content (AvgIpc) is 2.60. The number of rotatable bonds is 5. The first-order valence-electron chi connectivity index (χ1n) is 6.14. The lowest BCUT2D eigenvalue weighted by Gasteiger charge is -2.29. The molecular formula is C12H22N2O3. The minimum Gasteiger partial charge on any atom is -0.389 e. The summed E-state index contributed by atoms with van der Waals surface area (Å²) in [5.74, 6) is -0.714. The van der Waals surface area contributed by atoms with Crippen molar-refractivity contribution in [3.05, 3.63) is 0 Å². The molecule has 1 fully saturated rings. The van der Waals surface area contributed by atoms with Crippen molar-refractivity contribution in [1.29, 1.82) is 0 Å². The van der Waals surface area contributed by atoms with E-state index in [0.717, 1.165) is 12.8 Å². The number of hydrogen-bond donors (Lipinski definition) is 2. The van der Waals surface area contributed by atoms with Gasteiger partial charge in [0.05, 0.1) is 18.6 Å². The van der Waals surface area contributed by atoms with Crippen molar-refractivity contribution in [3.63, 3.8) is 0 Å². The molecule has 0 aliphatic heterocycles. The Labute approximate surface area is 102 Å². The van der Waals surface area contributed by atoms with Gasteiger partial charge in [0.15, 0.2) is 0 Å². The Hall–Kier alpha value is -1.10. The SMILES string of the molecule is CC(C)N(CC(N)=O)C(=O)CC1(O)CCCC1. The summed E-state index contributed by atoms with van der Waals surface area (Å²) in [5.41, 5.74) is 4.24. The molecule has 0 radical (unpaired) electrons. The van der Waals surface area contributed by atoms with E-state index in [4.69, 9.17) is 5.73 Å². The van der Waals surface area contributed by atoms with E-state index in [2.05, 4.69) is 0 Å². The normalized spacial score (nSPS) is 18.4. The molecule has 17 heavy (non-hydrogen) atoms. The van der Waals surface area contributed by atoms with Crippen molar-refractivity contribution in [2.24, 2.45) is 5.73 Å². The molecule has 0 saturated heterocycles. The van der Waals surface area contributed by atoms with Crippen molar-refractivity contribution >= 4 is 11.8 Å². The third-order valence-electron chi connectivity index (χ3n) is 3.28. The summed E-state index contributed by atoms with van der Waals surface area (Å²) in [6.07, 6.45) is 3.35. The molecule has 0 spiro atoms. The summed E-state index contributed by atoms with van der Waals surface area (Å²) in [6.45, 7) is 3.59. The fraction of sp³-hybridized carbons (Fsp3) is 0.833. The van der Waals surface area contributed by atoms with Gasteiger partial charge in [0.1, 0.15) is 0 Å². The van der Waals surface area contributed by atoms with Gasteiger partial charge in [-0.1, -0.05) is 12.8 Å². The van der Waals surface area contributed by atoms with Crippen LogP contribution in [-0.2, 0) is 9.59 Å². The summed E-state index contributed by atoms with van der Waals surface area (Å²) in [4.78, 5) is 24.4. The zero-order valence-corrected chi connectivity index (χ0v) is 10.6. The second-order valence-electron chi connectivity index (χ2n) is 5.19. The van der Waals surface area contributed by atoms with E-state index in [1.807, 2.05) is 13.8 Å². The Balaban J connectivity index is 2.61. The second-order valence-corrected chi connectivity index (χ2v) is 5.19. The number of carbonyl (C=O) groups excluding carboxylic acids is 2. The molecule has 0 aromatic carbocycles. The Bertz CT molecular complexity index is 296. The standard InChI is InChI=1S/C12H22N2O3/c1-9(2)14(8-10(13)15)11(16)7-12(17)5-3-4-6-12/h9,17H,3-8H2,1-2H3,(H2,13,15). The molecule has 3 N–H and O–H groups in total. The molecular weight excluding hydrogens is 220 g/mol. The summed E-state index contributed by atoms with van der Waals surface area (Å²) in [7, 11) is 0. The van der Waals surface area contributed by atoms with E-state index in [1.165, 1.54) is 4.90 Å². The number of nitrogens with two attached hydrogens (primary N) is 1. The van der Waals surface area contributed by atoms with E-state index >= 15 is 0 Å². The van der Waals surface area contributed by atoms with Gasteiger partial charge in [-0.15, -0.1) is 0 Å². The first-order valence-corrected chi connectivity index (χ1v) is 6.14. The maximum absolute atomic E-state index is 12.0. The van der Waals surface area contributed by atoms with Crippen LogP contribution < -0.4 is 5.73 Å². The summed E-state index contributed by atoms with van der Waals surface area (Å²) in [5, 5.41) is 10.2. The van der Waals surface area contributed by atoms with Gasteiger partial charge in [0.25, 0.3) is 0 Å². The first-order chi connectivity index (χ1) is 7.84. The average molecular weight is 242 g/mol. The molecule has 5 nitrogen and oxygen atoms in total. The zero-order valence-electron chi connectivity index (χ0n) is 10.6. The van der Waals surface area contributed by atoms with Crippen LogP contribution in [0.4, 0.5) is 0 Å². The number of nitrogens with zero attached hydrogens (tertiary/aromatic N) is 1. The number of hydrogen-bond acceptors (Lipinski definition) is 3. The Morgan fingerprint density at radius 1 is 1.35 bits per heavy atom. The minimum atomic E-state index is -0.873.